The first kappa shape index (κ1) is 15.7. The molecule has 1 rings (SSSR count). The van der Waals surface area contributed by atoms with E-state index in [-0.39, 0.29) is 0 Å². The molecule has 0 heterocycles. The van der Waals surface area contributed by atoms with Gasteiger partial charge in [-0.15, -0.1) is 0 Å². The van der Waals surface area contributed by atoms with Crippen LogP contribution in [0.1, 0.15) is 79.1 Å². The van der Waals surface area contributed by atoms with Crippen LogP contribution in [-0.2, 0) is 4.79 Å². The molecule has 0 radical (unpaired) electrons. The minimum Gasteiger partial charge on any atom is -0.300 e. The maximum atomic E-state index is 11.2. The Morgan fingerprint density at radius 1 is 1.06 bits per heavy atom. The Kier molecular flexibility index (Phi) is 9.66. The number of hydrogen-bond donors (Lipinski definition) is 0. The SMILES string of the molecule is CC.CCCCCC1CCC(C(C)=O)CC1. The highest BCUT2D eigenvalue weighted by Crippen LogP contribution is 2.32. The average molecular weight is 226 g/mol. The zero-order valence-electron chi connectivity index (χ0n) is 11.7. The molecule has 0 atom stereocenters. The van der Waals surface area contributed by atoms with Gasteiger partial charge in [0.1, 0.15) is 5.78 Å². The second-order valence-electron chi connectivity index (χ2n) is 4.82. The van der Waals surface area contributed by atoms with Gasteiger partial charge in [-0.05, 0) is 38.5 Å². The monoisotopic (exact) mass is 226 g/mol. The normalized spacial score (nSPS) is 24.5. The molecule has 0 amide bonds. The van der Waals surface area contributed by atoms with Crippen LogP contribution in [0.25, 0.3) is 0 Å². The molecule has 16 heavy (non-hydrogen) atoms. The molecule has 1 aliphatic carbocycles. The zero-order valence-corrected chi connectivity index (χ0v) is 11.7. The maximum Gasteiger partial charge on any atom is 0.132 e. The van der Waals surface area contributed by atoms with Crippen molar-refractivity contribution in [2.45, 2.75) is 79.1 Å². The van der Waals surface area contributed by atoms with E-state index < -0.39 is 0 Å². The van der Waals surface area contributed by atoms with E-state index in [2.05, 4.69) is 6.92 Å². The number of carbonyl (C=O) groups is 1. The number of Topliss-reactive ketones (excluding diaryl/α,β-unsaturated/α-hetero) is 1. The lowest BCUT2D eigenvalue weighted by molar-refractivity contribution is -0.121. The molecule has 0 aliphatic heterocycles. The maximum absolute atomic E-state index is 11.2. The number of unbranched alkanes of at least 4 members (excludes halogenated alkanes) is 2. The van der Waals surface area contributed by atoms with Crippen molar-refractivity contribution in [3.05, 3.63) is 0 Å². The van der Waals surface area contributed by atoms with E-state index in [9.17, 15) is 4.79 Å². The van der Waals surface area contributed by atoms with Gasteiger partial charge in [-0.3, -0.25) is 4.79 Å². The van der Waals surface area contributed by atoms with Crippen molar-refractivity contribution in [1.82, 2.24) is 0 Å². The first-order valence-electron chi connectivity index (χ1n) is 7.24. The fourth-order valence-corrected chi connectivity index (χ4v) is 2.54. The third-order valence-corrected chi connectivity index (χ3v) is 3.64. The molecule has 0 bridgehead atoms. The Labute approximate surface area is 102 Å². The molecule has 0 aromatic heterocycles. The summed E-state index contributed by atoms with van der Waals surface area (Å²) in [5.74, 6) is 1.74. The van der Waals surface area contributed by atoms with Crippen molar-refractivity contribution in [1.29, 1.82) is 0 Å². The first-order valence-corrected chi connectivity index (χ1v) is 7.24. The Bertz CT molecular complexity index is 166. The lowest BCUT2D eigenvalue weighted by Crippen LogP contribution is -2.19. The van der Waals surface area contributed by atoms with Crippen LogP contribution in [0, 0.1) is 11.8 Å². The van der Waals surface area contributed by atoms with Gasteiger partial charge in [0.15, 0.2) is 0 Å². The van der Waals surface area contributed by atoms with E-state index in [1.807, 2.05) is 13.8 Å². The van der Waals surface area contributed by atoms with Crippen LogP contribution in [0.4, 0.5) is 0 Å². The molecular formula is C15H30O. The van der Waals surface area contributed by atoms with Gasteiger partial charge in [-0.25, -0.2) is 0 Å². The van der Waals surface area contributed by atoms with Crippen LogP contribution in [0.3, 0.4) is 0 Å². The van der Waals surface area contributed by atoms with Crippen molar-refractivity contribution in [3.63, 3.8) is 0 Å². The van der Waals surface area contributed by atoms with Gasteiger partial charge in [0.2, 0.25) is 0 Å². The quantitative estimate of drug-likeness (QED) is 0.604. The molecular weight excluding hydrogens is 196 g/mol. The highest BCUT2D eigenvalue weighted by Gasteiger charge is 2.23. The number of carbonyl (C=O) groups excluding carboxylic acids is 1. The van der Waals surface area contributed by atoms with Gasteiger partial charge < -0.3 is 0 Å². The summed E-state index contributed by atoms with van der Waals surface area (Å²) in [6.45, 7) is 8.01. The Balaban J connectivity index is 0.00000106. The summed E-state index contributed by atoms with van der Waals surface area (Å²) in [6, 6.07) is 0. The molecule has 0 saturated heterocycles. The summed E-state index contributed by atoms with van der Waals surface area (Å²) in [5.41, 5.74) is 0. The predicted octanol–water partition coefficient (Wildman–Crippen LogP) is 4.99. The minimum atomic E-state index is 0.400. The average Bonchev–Trinajstić information content (AvgIpc) is 2.33. The molecule has 0 N–H and O–H groups in total. The van der Waals surface area contributed by atoms with E-state index in [1.54, 1.807) is 6.92 Å². The smallest absolute Gasteiger partial charge is 0.132 e. The summed E-state index contributed by atoms with van der Waals surface area (Å²) < 4.78 is 0. The van der Waals surface area contributed by atoms with Crippen LogP contribution < -0.4 is 0 Å². The summed E-state index contributed by atoms with van der Waals surface area (Å²) in [5, 5.41) is 0. The molecule has 1 saturated carbocycles. The van der Waals surface area contributed by atoms with Gasteiger partial charge in [0, 0.05) is 5.92 Å². The zero-order chi connectivity index (χ0) is 12.4. The lowest BCUT2D eigenvalue weighted by atomic mass is 9.78. The number of ketones is 1. The molecule has 1 heteroatoms. The summed E-state index contributed by atoms with van der Waals surface area (Å²) in [6.07, 6.45) is 10.4. The van der Waals surface area contributed by atoms with E-state index in [0.717, 1.165) is 18.8 Å². The topological polar surface area (TPSA) is 17.1 Å². The van der Waals surface area contributed by atoms with Crippen molar-refractivity contribution in [2.24, 2.45) is 11.8 Å². The van der Waals surface area contributed by atoms with Gasteiger partial charge in [-0.1, -0.05) is 46.5 Å². The van der Waals surface area contributed by atoms with Gasteiger partial charge >= 0.3 is 0 Å². The Hall–Kier alpha value is -0.330. The van der Waals surface area contributed by atoms with Crippen LogP contribution in [0.5, 0.6) is 0 Å². The standard InChI is InChI=1S/C13H24O.C2H6/c1-3-4-5-6-12-7-9-13(10-8-12)11(2)14;1-2/h12-13H,3-10H2,1-2H3;1-2H3. The van der Waals surface area contributed by atoms with Gasteiger partial charge in [0.05, 0.1) is 0 Å². The van der Waals surface area contributed by atoms with Gasteiger partial charge in [0.25, 0.3) is 0 Å². The fraction of sp³-hybridized carbons (Fsp3) is 0.933. The van der Waals surface area contributed by atoms with Crippen LogP contribution in [0.2, 0.25) is 0 Å². The fourth-order valence-electron chi connectivity index (χ4n) is 2.54. The molecule has 0 unspecified atom stereocenters. The third kappa shape index (κ3) is 6.30. The van der Waals surface area contributed by atoms with Crippen molar-refractivity contribution in [2.75, 3.05) is 0 Å². The summed E-state index contributed by atoms with van der Waals surface area (Å²) >= 11 is 0. The molecule has 0 aromatic carbocycles. The Morgan fingerprint density at radius 2 is 1.62 bits per heavy atom. The van der Waals surface area contributed by atoms with Gasteiger partial charge in [-0.2, -0.15) is 0 Å². The number of hydrogen-bond acceptors (Lipinski definition) is 1. The molecule has 96 valence electrons. The van der Waals surface area contributed by atoms with E-state index in [4.69, 9.17) is 0 Å². The summed E-state index contributed by atoms with van der Waals surface area (Å²) in [4.78, 5) is 11.2. The lowest BCUT2D eigenvalue weighted by Gasteiger charge is -2.26. The van der Waals surface area contributed by atoms with E-state index in [0.29, 0.717) is 11.7 Å². The summed E-state index contributed by atoms with van der Waals surface area (Å²) in [7, 11) is 0. The van der Waals surface area contributed by atoms with Crippen LogP contribution in [-0.4, -0.2) is 5.78 Å². The van der Waals surface area contributed by atoms with Crippen molar-refractivity contribution >= 4 is 5.78 Å². The van der Waals surface area contributed by atoms with Crippen LogP contribution >= 0.6 is 0 Å². The second-order valence-corrected chi connectivity index (χ2v) is 4.82. The number of rotatable bonds is 5. The minimum absolute atomic E-state index is 0.400. The van der Waals surface area contributed by atoms with E-state index in [1.165, 1.54) is 38.5 Å². The van der Waals surface area contributed by atoms with Crippen LogP contribution in [0.15, 0.2) is 0 Å². The largest absolute Gasteiger partial charge is 0.300 e. The second kappa shape index (κ2) is 9.86. The highest BCUT2D eigenvalue weighted by atomic mass is 16.1. The third-order valence-electron chi connectivity index (χ3n) is 3.64. The predicted molar refractivity (Wildman–Crippen MR) is 71.6 cm³/mol. The molecule has 0 aromatic rings. The molecule has 0 spiro atoms. The van der Waals surface area contributed by atoms with Crippen molar-refractivity contribution in [3.8, 4) is 0 Å². The molecule has 1 nitrogen and oxygen atoms in total. The van der Waals surface area contributed by atoms with Crippen molar-refractivity contribution < 1.29 is 4.79 Å². The highest BCUT2D eigenvalue weighted by molar-refractivity contribution is 5.78. The molecule has 1 aliphatic rings. The first-order chi connectivity index (χ1) is 7.74. The molecule has 1 fully saturated rings. The Morgan fingerprint density at radius 3 is 2.06 bits per heavy atom. The van der Waals surface area contributed by atoms with E-state index >= 15 is 0 Å².